The van der Waals surface area contributed by atoms with Crippen molar-refractivity contribution >= 4 is 17.2 Å². The number of hydrogen-bond acceptors (Lipinski definition) is 6. The van der Waals surface area contributed by atoms with Crippen LogP contribution in [0.5, 0.6) is 11.5 Å². The molecule has 0 aliphatic heterocycles. The van der Waals surface area contributed by atoms with Crippen LogP contribution in [0.15, 0.2) is 40.2 Å². The molecule has 3 aromatic rings. The highest BCUT2D eigenvalue weighted by molar-refractivity contribution is 7.13. The van der Waals surface area contributed by atoms with Crippen molar-refractivity contribution in [2.24, 2.45) is 0 Å². The smallest absolute Gasteiger partial charge is 0.181 e. The van der Waals surface area contributed by atoms with Gasteiger partial charge in [0.1, 0.15) is 11.5 Å². The maximum Gasteiger partial charge on any atom is 0.181 e. The average Bonchev–Trinajstić information content (AvgIpc) is 3.15. The Hall–Kier alpha value is -2.47. The number of ether oxygens (including phenoxy) is 2. The van der Waals surface area contributed by atoms with Crippen LogP contribution in [0.4, 0.5) is 5.82 Å². The molecule has 0 radical (unpaired) electrons. The fourth-order valence-corrected chi connectivity index (χ4v) is 2.91. The number of anilines is 1. The second kappa shape index (κ2) is 5.49. The molecular formula is C15H14N2O3S. The molecule has 108 valence electrons. The van der Waals surface area contributed by atoms with E-state index in [4.69, 9.17) is 19.7 Å². The number of thiophene rings is 1. The summed E-state index contributed by atoms with van der Waals surface area (Å²) in [6.07, 6.45) is 0. The van der Waals surface area contributed by atoms with Gasteiger partial charge in [0.15, 0.2) is 11.6 Å². The van der Waals surface area contributed by atoms with Gasteiger partial charge in [0.05, 0.1) is 25.3 Å². The monoisotopic (exact) mass is 302 g/mol. The van der Waals surface area contributed by atoms with Crippen molar-refractivity contribution in [3.63, 3.8) is 0 Å². The van der Waals surface area contributed by atoms with E-state index in [9.17, 15) is 0 Å². The lowest BCUT2D eigenvalue weighted by molar-refractivity contribution is 0.391. The molecule has 0 amide bonds. The Morgan fingerprint density at radius 1 is 1.19 bits per heavy atom. The first-order valence-electron chi connectivity index (χ1n) is 6.26. The summed E-state index contributed by atoms with van der Waals surface area (Å²) in [6.45, 7) is 0. The minimum Gasteiger partial charge on any atom is -0.497 e. The van der Waals surface area contributed by atoms with Gasteiger partial charge >= 0.3 is 0 Å². The molecular weight excluding hydrogens is 288 g/mol. The molecule has 0 spiro atoms. The summed E-state index contributed by atoms with van der Waals surface area (Å²) >= 11 is 1.58. The van der Waals surface area contributed by atoms with Crippen molar-refractivity contribution in [1.82, 2.24) is 5.16 Å². The molecule has 1 aromatic carbocycles. The molecule has 0 saturated heterocycles. The standard InChI is InChI=1S/C15H14N2O3S/c1-18-9-5-6-10(11(8-9)19-2)14-13(15(16)17-20-14)12-4-3-7-21-12/h3-8H,1-2H3,(H2,16,17). The van der Waals surface area contributed by atoms with Gasteiger partial charge in [0, 0.05) is 10.9 Å². The zero-order valence-electron chi connectivity index (χ0n) is 11.6. The fourth-order valence-electron chi connectivity index (χ4n) is 2.13. The first kappa shape index (κ1) is 13.5. The van der Waals surface area contributed by atoms with E-state index in [2.05, 4.69) is 5.16 Å². The molecule has 0 saturated carbocycles. The minimum atomic E-state index is 0.366. The van der Waals surface area contributed by atoms with Crippen molar-refractivity contribution in [3.8, 4) is 33.3 Å². The van der Waals surface area contributed by atoms with Crippen LogP contribution in [-0.2, 0) is 0 Å². The Morgan fingerprint density at radius 2 is 2.05 bits per heavy atom. The highest BCUT2D eigenvalue weighted by Gasteiger charge is 2.21. The second-order valence-electron chi connectivity index (χ2n) is 4.32. The van der Waals surface area contributed by atoms with E-state index < -0.39 is 0 Å². The SMILES string of the molecule is COc1ccc(-c2onc(N)c2-c2cccs2)c(OC)c1. The first-order chi connectivity index (χ1) is 10.2. The Bertz CT molecular complexity index is 750. The van der Waals surface area contributed by atoms with E-state index in [0.717, 1.165) is 16.0 Å². The normalized spacial score (nSPS) is 10.6. The molecule has 0 aliphatic carbocycles. The van der Waals surface area contributed by atoms with Crippen molar-refractivity contribution in [1.29, 1.82) is 0 Å². The molecule has 3 rings (SSSR count). The van der Waals surface area contributed by atoms with E-state index in [1.54, 1.807) is 31.6 Å². The van der Waals surface area contributed by atoms with Gasteiger partial charge in [-0.15, -0.1) is 11.3 Å². The quantitative estimate of drug-likeness (QED) is 0.796. The molecule has 0 atom stereocenters. The van der Waals surface area contributed by atoms with E-state index >= 15 is 0 Å². The number of methoxy groups -OCH3 is 2. The van der Waals surface area contributed by atoms with Crippen molar-refractivity contribution in [2.45, 2.75) is 0 Å². The number of nitrogen functional groups attached to an aromatic ring is 1. The first-order valence-corrected chi connectivity index (χ1v) is 7.14. The van der Waals surface area contributed by atoms with Crippen molar-refractivity contribution in [3.05, 3.63) is 35.7 Å². The Labute approximate surface area is 125 Å². The molecule has 0 aliphatic rings. The molecule has 6 heteroatoms. The summed E-state index contributed by atoms with van der Waals surface area (Å²) in [5.74, 6) is 2.31. The van der Waals surface area contributed by atoms with Crippen LogP contribution in [0.2, 0.25) is 0 Å². The molecule has 0 bridgehead atoms. The lowest BCUT2D eigenvalue weighted by atomic mass is 10.1. The van der Waals surface area contributed by atoms with Crippen molar-refractivity contribution < 1.29 is 14.0 Å². The van der Waals surface area contributed by atoms with Gasteiger partial charge < -0.3 is 19.7 Å². The van der Waals surface area contributed by atoms with Gasteiger partial charge in [-0.3, -0.25) is 0 Å². The molecule has 2 aromatic heterocycles. The molecule has 2 heterocycles. The van der Waals surface area contributed by atoms with E-state index in [0.29, 0.717) is 23.1 Å². The largest absolute Gasteiger partial charge is 0.497 e. The van der Waals surface area contributed by atoms with Crippen LogP contribution < -0.4 is 15.2 Å². The number of nitrogens with two attached hydrogens (primary N) is 1. The number of benzene rings is 1. The maximum atomic E-state index is 5.95. The highest BCUT2D eigenvalue weighted by atomic mass is 32.1. The number of aromatic nitrogens is 1. The van der Waals surface area contributed by atoms with Gasteiger partial charge in [-0.1, -0.05) is 11.2 Å². The van der Waals surface area contributed by atoms with E-state index in [-0.39, 0.29) is 0 Å². The zero-order chi connectivity index (χ0) is 14.8. The van der Waals surface area contributed by atoms with Crippen LogP contribution >= 0.6 is 11.3 Å². The van der Waals surface area contributed by atoms with Gasteiger partial charge in [-0.25, -0.2) is 0 Å². The van der Waals surface area contributed by atoms with Crippen LogP contribution in [0.3, 0.4) is 0 Å². The second-order valence-corrected chi connectivity index (χ2v) is 5.26. The summed E-state index contributed by atoms with van der Waals surface area (Å²) < 4.78 is 16.1. The fraction of sp³-hybridized carbons (Fsp3) is 0.133. The molecule has 2 N–H and O–H groups in total. The third kappa shape index (κ3) is 2.34. The number of nitrogens with zero attached hydrogens (tertiary/aromatic N) is 1. The Kier molecular flexibility index (Phi) is 3.53. The summed E-state index contributed by atoms with van der Waals surface area (Å²) in [5, 5.41) is 5.87. The lowest BCUT2D eigenvalue weighted by Gasteiger charge is -2.09. The Morgan fingerprint density at radius 3 is 2.71 bits per heavy atom. The van der Waals surface area contributed by atoms with Crippen LogP contribution in [0, 0.1) is 0 Å². The van der Waals surface area contributed by atoms with Crippen LogP contribution in [0.1, 0.15) is 0 Å². The summed E-state index contributed by atoms with van der Waals surface area (Å²) in [4.78, 5) is 1.00. The number of hydrogen-bond donors (Lipinski definition) is 1. The predicted octanol–water partition coefficient (Wildman–Crippen LogP) is 3.67. The molecule has 21 heavy (non-hydrogen) atoms. The lowest BCUT2D eigenvalue weighted by Crippen LogP contribution is -1.91. The third-order valence-electron chi connectivity index (χ3n) is 3.14. The van der Waals surface area contributed by atoms with E-state index in [1.807, 2.05) is 29.6 Å². The minimum absolute atomic E-state index is 0.366. The van der Waals surface area contributed by atoms with Crippen LogP contribution in [0.25, 0.3) is 21.8 Å². The summed E-state index contributed by atoms with van der Waals surface area (Å²) in [7, 11) is 3.21. The van der Waals surface area contributed by atoms with Crippen LogP contribution in [-0.4, -0.2) is 19.4 Å². The highest BCUT2D eigenvalue weighted by Crippen LogP contribution is 2.42. The van der Waals surface area contributed by atoms with E-state index in [1.165, 1.54) is 0 Å². The molecule has 0 fully saturated rings. The number of rotatable bonds is 4. The van der Waals surface area contributed by atoms with Gasteiger partial charge in [-0.05, 0) is 23.6 Å². The summed E-state index contributed by atoms with van der Waals surface area (Å²) in [5.41, 5.74) is 7.52. The average molecular weight is 302 g/mol. The maximum absolute atomic E-state index is 5.95. The molecule has 5 nitrogen and oxygen atoms in total. The molecule has 0 unspecified atom stereocenters. The summed E-state index contributed by atoms with van der Waals surface area (Å²) in [6, 6.07) is 9.45. The zero-order valence-corrected chi connectivity index (χ0v) is 12.4. The van der Waals surface area contributed by atoms with Gasteiger partial charge in [-0.2, -0.15) is 0 Å². The van der Waals surface area contributed by atoms with Crippen molar-refractivity contribution in [2.75, 3.05) is 20.0 Å². The topological polar surface area (TPSA) is 70.5 Å². The third-order valence-corrected chi connectivity index (χ3v) is 4.03. The van der Waals surface area contributed by atoms with Gasteiger partial charge in [0.2, 0.25) is 0 Å². The Balaban J connectivity index is 2.18. The predicted molar refractivity (Wildman–Crippen MR) is 82.8 cm³/mol. The van der Waals surface area contributed by atoms with Gasteiger partial charge in [0.25, 0.3) is 0 Å².